The number of hydrogen-bond donors (Lipinski definition) is 1. The van der Waals surface area contributed by atoms with Gasteiger partial charge in [-0.3, -0.25) is 0 Å². The third kappa shape index (κ3) is 4.88. The van der Waals surface area contributed by atoms with Crippen molar-refractivity contribution < 1.29 is 19.4 Å². The smallest absolute Gasteiger partial charge is 0.347 e. The number of ether oxygens (including phenoxy) is 2. The normalized spacial score (nSPS) is 11.0. The quantitative estimate of drug-likeness (QED) is 0.630. The minimum absolute atomic E-state index is 0.446. The van der Waals surface area contributed by atoms with Gasteiger partial charge in [0.15, 0.2) is 5.60 Å². The Bertz CT molecular complexity index is 899. The van der Waals surface area contributed by atoms with Crippen LogP contribution in [0.1, 0.15) is 19.4 Å². The van der Waals surface area contributed by atoms with E-state index in [-0.39, 0.29) is 0 Å². The molecule has 0 radical (unpaired) electrons. The number of rotatable bonds is 7. The van der Waals surface area contributed by atoms with Gasteiger partial charge in [0, 0.05) is 0 Å². The van der Waals surface area contributed by atoms with E-state index in [2.05, 4.69) is 24.3 Å². The summed E-state index contributed by atoms with van der Waals surface area (Å²) in [6, 6.07) is 25.4. The molecule has 0 fully saturated rings. The summed E-state index contributed by atoms with van der Waals surface area (Å²) in [7, 11) is 0. The maximum absolute atomic E-state index is 11.1. The van der Waals surface area contributed by atoms with Crippen LogP contribution in [0.15, 0.2) is 78.9 Å². The molecule has 0 aliphatic heterocycles. The zero-order valence-electron chi connectivity index (χ0n) is 15.4. The second kappa shape index (κ2) is 7.96. The van der Waals surface area contributed by atoms with Crippen LogP contribution in [0.25, 0.3) is 11.1 Å². The van der Waals surface area contributed by atoms with Gasteiger partial charge in [-0.05, 0) is 60.9 Å². The van der Waals surface area contributed by atoms with Crippen molar-refractivity contribution in [2.24, 2.45) is 0 Å². The van der Waals surface area contributed by atoms with E-state index < -0.39 is 11.6 Å². The van der Waals surface area contributed by atoms with E-state index in [0.717, 1.165) is 11.1 Å². The lowest BCUT2D eigenvalue weighted by molar-refractivity contribution is -0.152. The highest BCUT2D eigenvalue weighted by Gasteiger charge is 2.29. The molecule has 3 aromatic rings. The average molecular weight is 362 g/mol. The molecule has 0 aliphatic rings. The Morgan fingerprint density at radius 1 is 0.852 bits per heavy atom. The van der Waals surface area contributed by atoms with Crippen LogP contribution in [0.3, 0.4) is 0 Å². The van der Waals surface area contributed by atoms with Gasteiger partial charge in [0.1, 0.15) is 18.1 Å². The van der Waals surface area contributed by atoms with Gasteiger partial charge in [-0.15, -0.1) is 0 Å². The minimum Gasteiger partial charge on any atom is -0.489 e. The summed E-state index contributed by atoms with van der Waals surface area (Å²) in [5, 5.41) is 9.12. The van der Waals surface area contributed by atoms with Crippen molar-refractivity contribution in [3.05, 3.63) is 84.4 Å². The Labute approximate surface area is 159 Å². The first-order valence-corrected chi connectivity index (χ1v) is 8.74. The van der Waals surface area contributed by atoms with Crippen LogP contribution in [0.4, 0.5) is 0 Å². The molecule has 0 atom stereocenters. The molecule has 138 valence electrons. The molecule has 0 bridgehead atoms. The number of benzene rings is 3. The molecular weight excluding hydrogens is 340 g/mol. The topological polar surface area (TPSA) is 55.8 Å². The van der Waals surface area contributed by atoms with Crippen molar-refractivity contribution in [2.45, 2.75) is 26.1 Å². The second-order valence-electron chi connectivity index (χ2n) is 6.74. The van der Waals surface area contributed by atoms with Crippen molar-refractivity contribution in [2.75, 3.05) is 0 Å². The summed E-state index contributed by atoms with van der Waals surface area (Å²) in [5.74, 6) is 0.169. The highest BCUT2D eigenvalue weighted by molar-refractivity contribution is 5.76. The Morgan fingerprint density at radius 3 is 2.15 bits per heavy atom. The highest BCUT2D eigenvalue weighted by atomic mass is 16.5. The summed E-state index contributed by atoms with van der Waals surface area (Å²) >= 11 is 0. The third-order valence-electron chi connectivity index (χ3n) is 4.15. The van der Waals surface area contributed by atoms with E-state index in [1.54, 1.807) is 24.3 Å². The van der Waals surface area contributed by atoms with Crippen molar-refractivity contribution in [1.29, 1.82) is 0 Å². The molecule has 4 heteroatoms. The van der Waals surface area contributed by atoms with Gasteiger partial charge in [0.05, 0.1) is 0 Å². The number of aliphatic carboxylic acids is 1. The molecule has 0 heterocycles. The fraction of sp³-hybridized carbons (Fsp3) is 0.174. The van der Waals surface area contributed by atoms with Gasteiger partial charge < -0.3 is 14.6 Å². The fourth-order valence-electron chi connectivity index (χ4n) is 2.58. The van der Waals surface area contributed by atoms with Crippen LogP contribution in [0.2, 0.25) is 0 Å². The van der Waals surface area contributed by atoms with E-state index in [4.69, 9.17) is 14.6 Å². The number of carboxylic acids is 1. The third-order valence-corrected chi connectivity index (χ3v) is 4.15. The summed E-state index contributed by atoms with van der Waals surface area (Å²) in [6.07, 6.45) is 0. The van der Waals surface area contributed by atoms with Crippen LogP contribution in [-0.4, -0.2) is 16.7 Å². The molecule has 0 aromatic heterocycles. The van der Waals surface area contributed by atoms with E-state index in [0.29, 0.717) is 18.1 Å². The number of carboxylic acid groups (broad SMARTS) is 1. The van der Waals surface area contributed by atoms with Crippen molar-refractivity contribution >= 4 is 5.97 Å². The predicted octanol–water partition coefficient (Wildman–Crippen LogP) is 5.17. The monoisotopic (exact) mass is 362 g/mol. The van der Waals surface area contributed by atoms with Crippen molar-refractivity contribution in [3.63, 3.8) is 0 Å². The summed E-state index contributed by atoms with van der Waals surface area (Å²) in [4.78, 5) is 11.1. The molecule has 4 nitrogen and oxygen atoms in total. The largest absolute Gasteiger partial charge is 0.489 e. The molecule has 3 aromatic carbocycles. The fourth-order valence-corrected chi connectivity index (χ4v) is 2.58. The van der Waals surface area contributed by atoms with E-state index in [9.17, 15) is 4.79 Å². The number of carbonyl (C=O) groups is 1. The van der Waals surface area contributed by atoms with Crippen LogP contribution in [-0.2, 0) is 11.4 Å². The minimum atomic E-state index is -1.28. The first kappa shape index (κ1) is 18.5. The summed E-state index contributed by atoms with van der Waals surface area (Å²) in [6.45, 7) is 3.47. The van der Waals surface area contributed by atoms with Crippen LogP contribution >= 0.6 is 0 Å². The van der Waals surface area contributed by atoms with Crippen molar-refractivity contribution in [3.8, 4) is 22.6 Å². The second-order valence-corrected chi connectivity index (χ2v) is 6.74. The lowest BCUT2D eigenvalue weighted by atomic mass is 10.0. The molecule has 0 aliphatic carbocycles. The van der Waals surface area contributed by atoms with E-state index >= 15 is 0 Å². The highest BCUT2D eigenvalue weighted by Crippen LogP contribution is 2.24. The first-order valence-electron chi connectivity index (χ1n) is 8.74. The standard InChI is InChI=1S/C23H22O4/c1-23(2,22(24)25)27-21-13-11-20(12-14-21)26-16-17-7-6-10-19(15-17)18-8-4-3-5-9-18/h3-15H,16H2,1-2H3,(H,24,25). The van der Waals surface area contributed by atoms with Crippen molar-refractivity contribution in [1.82, 2.24) is 0 Å². The number of hydrogen-bond acceptors (Lipinski definition) is 3. The van der Waals surface area contributed by atoms with Crippen LogP contribution in [0.5, 0.6) is 11.5 Å². The molecule has 0 spiro atoms. The van der Waals surface area contributed by atoms with Gasteiger partial charge in [0.2, 0.25) is 0 Å². The van der Waals surface area contributed by atoms with Gasteiger partial charge in [-0.1, -0.05) is 48.5 Å². The predicted molar refractivity (Wildman–Crippen MR) is 105 cm³/mol. The first-order chi connectivity index (χ1) is 12.9. The molecule has 3 rings (SSSR count). The SMILES string of the molecule is CC(C)(Oc1ccc(OCc2cccc(-c3ccccc3)c2)cc1)C(=O)O. The van der Waals surface area contributed by atoms with E-state index in [1.807, 2.05) is 30.3 Å². The molecule has 1 N–H and O–H groups in total. The van der Waals surface area contributed by atoms with Gasteiger partial charge in [-0.25, -0.2) is 4.79 Å². The molecule has 0 unspecified atom stereocenters. The zero-order chi connectivity index (χ0) is 19.3. The lowest BCUT2D eigenvalue weighted by Gasteiger charge is -2.21. The molecular formula is C23H22O4. The maximum atomic E-state index is 11.1. The Kier molecular flexibility index (Phi) is 5.46. The Hall–Kier alpha value is -3.27. The average Bonchev–Trinajstić information content (AvgIpc) is 2.68. The Balaban J connectivity index is 1.63. The Morgan fingerprint density at radius 2 is 1.48 bits per heavy atom. The molecule has 27 heavy (non-hydrogen) atoms. The van der Waals surface area contributed by atoms with E-state index in [1.165, 1.54) is 19.4 Å². The molecule has 0 saturated heterocycles. The lowest BCUT2D eigenvalue weighted by Crippen LogP contribution is -2.37. The molecule has 0 saturated carbocycles. The van der Waals surface area contributed by atoms with Gasteiger partial charge in [0.25, 0.3) is 0 Å². The summed E-state index contributed by atoms with van der Waals surface area (Å²) < 4.78 is 11.3. The summed E-state index contributed by atoms with van der Waals surface area (Å²) in [5.41, 5.74) is 2.11. The maximum Gasteiger partial charge on any atom is 0.347 e. The van der Waals surface area contributed by atoms with Crippen LogP contribution in [0, 0.1) is 0 Å². The van der Waals surface area contributed by atoms with Crippen LogP contribution < -0.4 is 9.47 Å². The zero-order valence-corrected chi connectivity index (χ0v) is 15.4. The van der Waals surface area contributed by atoms with Gasteiger partial charge in [-0.2, -0.15) is 0 Å². The molecule has 0 amide bonds. The van der Waals surface area contributed by atoms with Gasteiger partial charge >= 0.3 is 5.97 Å².